The zero-order valence-corrected chi connectivity index (χ0v) is 20.9. The number of nitrogens with zero attached hydrogens (tertiary/aromatic N) is 4. The number of ether oxygens (including phenoxy) is 1. The summed E-state index contributed by atoms with van der Waals surface area (Å²) in [6.07, 6.45) is 0. The number of rotatable bonds is 1. The smallest absolute Gasteiger partial charge is 0.356 e. The molecular formula is C24H31ClN4O4. The minimum Gasteiger partial charge on any atom is -0.476 e. The van der Waals surface area contributed by atoms with Crippen LogP contribution in [0.2, 0.25) is 5.02 Å². The number of fused-ring (bicyclic) bond motifs is 3. The van der Waals surface area contributed by atoms with E-state index in [1.54, 1.807) is 17.0 Å². The zero-order chi connectivity index (χ0) is 24.5. The second-order valence-corrected chi connectivity index (χ2v) is 10.9. The Morgan fingerprint density at radius 2 is 1.76 bits per heavy atom. The number of hydrogen-bond acceptors (Lipinski definition) is 4. The molecule has 0 radical (unpaired) electrons. The molecule has 178 valence electrons. The van der Waals surface area contributed by atoms with E-state index in [0.717, 1.165) is 0 Å². The first-order chi connectivity index (χ1) is 15.3. The summed E-state index contributed by atoms with van der Waals surface area (Å²) < 4.78 is 7.52. The lowest BCUT2D eigenvalue weighted by atomic mass is 9.90. The Kier molecular flexibility index (Phi) is 5.53. The van der Waals surface area contributed by atoms with Crippen molar-refractivity contribution < 1.29 is 19.4 Å². The van der Waals surface area contributed by atoms with Gasteiger partial charge in [0.2, 0.25) is 0 Å². The van der Waals surface area contributed by atoms with Gasteiger partial charge in [-0.1, -0.05) is 32.4 Å². The lowest BCUT2D eigenvalue weighted by molar-refractivity contribution is -0.0135. The van der Waals surface area contributed by atoms with E-state index in [2.05, 4.69) is 4.98 Å². The molecule has 2 aromatic rings. The fourth-order valence-corrected chi connectivity index (χ4v) is 5.15. The molecule has 33 heavy (non-hydrogen) atoms. The number of carboxylic acid groups (broad SMARTS) is 1. The average Bonchev–Trinajstić information content (AvgIpc) is 3.10. The number of carboxylic acids is 1. The topological polar surface area (TPSA) is 87.9 Å². The molecule has 2 amide bonds. The van der Waals surface area contributed by atoms with Crippen molar-refractivity contribution in [2.24, 2.45) is 0 Å². The highest BCUT2D eigenvalue weighted by molar-refractivity contribution is 6.31. The van der Waals surface area contributed by atoms with E-state index in [9.17, 15) is 14.7 Å². The van der Waals surface area contributed by atoms with E-state index in [0.29, 0.717) is 41.1 Å². The monoisotopic (exact) mass is 474 g/mol. The van der Waals surface area contributed by atoms with Crippen molar-refractivity contribution in [3.63, 3.8) is 0 Å². The molecule has 8 nitrogen and oxygen atoms in total. The number of halogens is 1. The fraction of sp³-hybridized carbons (Fsp3) is 0.542. The Morgan fingerprint density at radius 1 is 1.15 bits per heavy atom. The van der Waals surface area contributed by atoms with Gasteiger partial charge in [0, 0.05) is 10.4 Å². The molecule has 2 aliphatic heterocycles. The van der Waals surface area contributed by atoms with Gasteiger partial charge in [-0.2, -0.15) is 0 Å². The molecule has 3 heterocycles. The summed E-state index contributed by atoms with van der Waals surface area (Å²) in [7, 11) is 0. The first-order valence-corrected chi connectivity index (χ1v) is 11.5. The van der Waals surface area contributed by atoms with Gasteiger partial charge in [-0.3, -0.25) is 9.47 Å². The molecule has 1 fully saturated rings. The van der Waals surface area contributed by atoms with Crippen LogP contribution in [0.15, 0.2) is 18.2 Å². The van der Waals surface area contributed by atoms with Crippen LogP contribution >= 0.6 is 11.6 Å². The maximum atomic E-state index is 14.1. The Labute approximate surface area is 199 Å². The zero-order valence-electron chi connectivity index (χ0n) is 20.1. The lowest BCUT2D eigenvalue weighted by Gasteiger charge is -2.49. The molecule has 0 spiro atoms. The van der Waals surface area contributed by atoms with Gasteiger partial charge in [0.25, 0.3) is 0 Å². The summed E-state index contributed by atoms with van der Waals surface area (Å²) in [6, 6.07) is 4.87. The molecule has 1 saturated heterocycles. The second-order valence-electron chi connectivity index (χ2n) is 10.5. The third-order valence-corrected chi connectivity index (χ3v) is 6.62. The van der Waals surface area contributed by atoms with Crippen LogP contribution in [0.4, 0.5) is 10.5 Å². The number of anilines is 1. The number of hydrogen-bond donors (Lipinski definition) is 1. The predicted octanol–water partition coefficient (Wildman–Crippen LogP) is 4.81. The Morgan fingerprint density at radius 3 is 2.30 bits per heavy atom. The van der Waals surface area contributed by atoms with Crippen LogP contribution in [0, 0.1) is 0 Å². The van der Waals surface area contributed by atoms with Crippen molar-refractivity contribution in [3.05, 3.63) is 40.4 Å². The number of amides is 2. The van der Waals surface area contributed by atoms with Gasteiger partial charge in [-0.25, -0.2) is 14.6 Å². The van der Waals surface area contributed by atoms with Crippen molar-refractivity contribution in [3.8, 4) is 5.69 Å². The number of aromatic nitrogens is 2. The summed E-state index contributed by atoms with van der Waals surface area (Å²) in [5.41, 5.74) is 0.269. The minimum atomic E-state index is -1.12. The average molecular weight is 475 g/mol. The van der Waals surface area contributed by atoms with E-state index in [-0.39, 0.29) is 23.8 Å². The third kappa shape index (κ3) is 3.60. The van der Waals surface area contributed by atoms with Crippen molar-refractivity contribution in [1.29, 1.82) is 0 Å². The van der Waals surface area contributed by atoms with Crippen LogP contribution in [0.1, 0.15) is 70.5 Å². The molecule has 2 unspecified atom stereocenters. The predicted molar refractivity (Wildman–Crippen MR) is 127 cm³/mol. The highest BCUT2D eigenvalue weighted by atomic mass is 35.5. The van der Waals surface area contributed by atoms with Crippen LogP contribution in [0.25, 0.3) is 5.69 Å². The summed E-state index contributed by atoms with van der Waals surface area (Å²) in [4.78, 5) is 34.5. The van der Waals surface area contributed by atoms with E-state index < -0.39 is 16.9 Å². The molecule has 9 heteroatoms. The Hall–Kier alpha value is -2.58. The van der Waals surface area contributed by atoms with Gasteiger partial charge < -0.3 is 14.7 Å². The van der Waals surface area contributed by atoms with E-state index in [1.165, 1.54) is 0 Å². The molecule has 1 aromatic carbocycles. The van der Waals surface area contributed by atoms with Crippen molar-refractivity contribution >= 4 is 29.3 Å². The first kappa shape index (κ1) is 23.6. The Bertz CT molecular complexity index is 1120. The van der Waals surface area contributed by atoms with E-state index in [1.807, 2.05) is 64.0 Å². The lowest BCUT2D eigenvalue weighted by Crippen LogP contribution is -2.61. The molecule has 4 rings (SSSR count). The molecule has 0 saturated carbocycles. The second kappa shape index (κ2) is 7.74. The van der Waals surface area contributed by atoms with Gasteiger partial charge in [0.05, 0.1) is 47.9 Å². The number of urea groups is 1. The van der Waals surface area contributed by atoms with Gasteiger partial charge >= 0.3 is 12.0 Å². The van der Waals surface area contributed by atoms with Gasteiger partial charge in [-0.05, 0) is 45.9 Å². The van der Waals surface area contributed by atoms with Crippen molar-refractivity contribution in [2.45, 2.75) is 71.5 Å². The van der Waals surface area contributed by atoms with Crippen LogP contribution in [0.5, 0.6) is 0 Å². The van der Waals surface area contributed by atoms with Gasteiger partial charge in [0.15, 0.2) is 5.69 Å². The summed E-state index contributed by atoms with van der Waals surface area (Å²) in [5.74, 6) is -0.507. The molecule has 1 N–H and O–H groups in total. The van der Waals surface area contributed by atoms with E-state index >= 15 is 0 Å². The summed E-state index contributed by atoms with van der Waals surface area (Å²) in [5, 5.41) is 10.6. The third-order valence-electron chi connectivity index (χ3n) is 6.39. The Balaban J connectivity index is 2.03. The highest BCUT2D eigenvalue weighted by Gasteiger charge is 2.49. The summed E-state index contributed by atoms with van der Waals surface area (Å²) >= 11 is 6.40. The normalized spacial score (nSPS) is 22.1. The van der Waals surface area contributed by atoms with E-state index in [4.69, 9.17) is 16.3 Å². The van der Waals surface area contributed by atoms with Crippen LogP contribution in [0.3, 0.4) is 0 Å². The highest BCUT2D eigenvalue weighted by Crippen LogP contribution is 2.47. The standard InChI is InChI=1S/C24H31ClN4O4/c1-13-11-33-12-14(2)27(13)22(32)29-17-10-15(25)8-9-16(17)28-19(24(29,6)7)18(20(30)31)26-21(28)23(3,4)5/h8-10,13-14H,11-12H2,1-7H3,(H,30,31). The van der Waals surface area contributed by atoms with Crippen molar-refractivity contribution in [2.75, 3.05) is 18.1 Å². The minimum absolute atomic E-state index is 0.0496. The SMILES string of the molecule is CC1COCC(C)N1C(=O)N1c2cc(Cl)ccc2-n2c(C(C)(C)C)nc(C(=O)O)c2C1(C)C. The quantitative estimate of drug-likeness (QED) is 0.641. The summed E-state index contributed by atoms with van der Waals surface area (Å²) in [6.45, 7) is 14.5. The molecule has 0 aliphatic carbocycles. The number of benzene rings is 1. The van der Waals surface area contributed by atoms with Crippen LogP contribution < -0.4 is 4.90 Å². The fourth-order valence-electron chi connectivity index (χ4n) is 4.98. The number of carbonyl (C=O) groups excluding carboxylic acids is 1. The molecule has 0 bridgehead atoms. The molecular weight excluding hydrogens is 444 g/mol. The first-order valence-electron chi connectivity index (χ1n) is 11.1. The van der Waals surface area contributed by atoms with Crippen molar-refractivity contribution in [1.82, 2.24) is 14.5 Å². The largest absolute Gasteiger partial charge is 0.476 e. The molecule has 1 aromatic heterocycles. The number of aromatic carboxylic acids is 1. The number of imidazole rings is 1. The maximum absolute atomic E-state index is 14.1. The van der Waals surface area contributed by atoms with Crippen LogP contribution in [-0.2, 0) is 15.7 Å². The van der Waals surface area contributed by atoms with Gasteiger partial charge in [0.1, 0.15) is 5.82 Å². The number of morpholine rings is 1. The van der Waals surface area contributed by atoms with Gasteiger partial charge in [-0.15, -0.1) is 0 Å². The molecule has 2 aliphatic rings. The maximum Gasteiger partial charge on any atom is 0.356 e. The number of carbonyl (C=O) groups is 2. The molecule has 2 atom stereocenters. The van der Waals surface area contributed by atoms with Crippen LogP contribution in [-0.4, -0.2) is 56.9 Å².